The molecule has 326 valence electrons. The Bertz CT molecular complexity index is 3860. The Morgan fingerprint density at radius 1 is 0.314 bits per heavy atom. The molecule has 70 heavy (non-hydrogen) atoms. The van der Waals surface area contributed by atoms with Gasteiger partial charge in [-0.3, -0.25) is 0 Å². The molecule has 0 atom stereocenters. The topological polar surface area (TPSA) is 85.2 Å². The SMILES string of the molecule is N#Cc1cc(-c2cc(-c3ccccc3)nc(-c3ccccc3)n2)c(-n2c3ccccc3c3cc(-n4c5ccccc5c5ccccc54)ccc32)c(-c2cc(-c3ccccc3)nc(-c3ccccc3)n2)c1. The summed E-state index contributed by atoms with van der Waals surface area (Å²) < 4.78 is 4.70. The van der Waals surface area contributed by atoms with Gasteiger partial charge in [0.25, 0.3) is 0 Å². The van der Waals surface area contributed by atoms with E-state index in [0.29, 0.717) is 28.6 Å². The highest BCUT2D eigenvalue weighted by Gasteiger charge is 2.25. The van der Waals surface area contributed by atoms with Gasteiger partial charge in [0, 0.05) is 60.6 Å². The molecule has 0 unspecified atom stereocenters. The van der Waals surface area contributed by atoms with Gasteiger partial charge in [-0.05, 0) is 60.7 Å². The highest BCUT2D eigenvalue weighted by molar-refractivity contribution is 6.13. The highest BCUT2D eigenvalue weighted by Crippen LogP contribution is 2.44. The first-order valence-electron chi connectivity index (χ1n) is 23.3. The third kappa shape index (κ3) is 6.90. The number of fused-ring (bicyclic) bond motifs is 6. The van der Waals surface area contributed by atoms with Gasteiger partial charge in [-0.25, -0.2) is 19.9 Å². The Balaban J connectivity index is 1.16. The molecule has 0 N–H and O–H groups in total. The van der Waals surface area contributed by atoms with Crippen LogP contribution in [0.2, 0.25) is 0 Å². The first-order valence-corrected chi connectivity index (χ1v) is 23.3. The van der Waals surface area contributed by atoms with Crippen LogP contribution in [-0.2, 0) is 0 Å². The molecule has 0 saturated heterocycles. The number of nitriles is 1. The summed E-state index contributed by atoms with van der Waals surface area (Å²) in [7, 11) is 0. The molecule has 0 amide bonds. The number of aromatic nitrogens is 6. The molecule has 13 rings (SSSR count). The predicted octanol–water partition coefficient (Wildman–Crippen LogP) is 15.3. The van der Waals surface area contributed by atoms with Crippen LogP contribution in [0, 0.1) is 11.3 Å². The Labute approximate surface area is 403 Å². The summed E-state index contributed by atoms with van der Waals surface area (Å²) in [5, 5.41) is 15.6. The van der Waals surface area contributed by atoms with Crippen molar-refractivity contribution in [2.24, 2.45) is 0 Å². The van der Waals surface area contributed by atoms with Crippen LogP contribution in [0.25, 0.3) is 123 Å². The van der Waals surface area contributed by atoms with E-state index in [1.165, 1.54) is 10.8 Å². The Morgan fingerprint density at radius 3 is 1.14 bits per heavy atom. The molecule has 0 spiro atoms. The molecule has 0 aliphatic carbocycles. The number of hydrogen-bond acceptors (Lipinski definition) is 5. The van der Waals surface area contributed by atoms with Gasteiger partial charge < -0.3 is 9.13 Å². The Hall–Kier alpha value is -9.77. The summed E-state index contributed by atoms with van der Waals surface area (Å²) in [4.78, 5) is 21.2. The van der Waals surface area contributed by atoms with Crippen molar-refractivity contribution in [3.8, 4) is 85.2 Å². The summed E-state index contributed by atoms with van der Waals surface area (Å²) in [5.74, 6) is 1.15. The van der Waals surface area contributed by atoms with Crippen LogP contribution >= 0.6 is 0 Å². The minimum absolute atomic E-state index is 0.463. The van der Waals surface area contributed by atoms with Gasteiger partial charge in [-0.2, -0.15) is 5.26 Å². The number of hydrogen-bond donors (Lipinski definition) is 0. The number of benzene rings is 9. The van der Waals surface area contributed by atoms with Crippen LogP contribution in [0.1, 0.15) is 5.56 Å². The largest absolute Gasteiger partial charge is 0.309 e. The van der Waals surface area contributed by atoms with Gasteiger partial charge >= 0.3 is 0 Å². The van der Waals surface area contributed by atoms with E-state index in [1.54, 1.807) is 0 Å². The Kier molecular flexibility index (Phi) is 9.74. The van der Waals surface area contributed by atoms with E-state index in [4.69, 9.17) is 19.9 Å². The summed E-state index contributed by atoms with van der Waals surface area (Å²) in [5.41, 5.74) is 14.6. The van der Waals surface area contributed by atoms with Gasteiger partial charge in [-0.1, -0.05) is 176 Å². The summed E-state index contributed by atoms with van der Waals surface area (Å²) in [6.07, 6.45) is 0. The summed E-state index contributed by atoms with van der Waals surface area (Å²) in [6.45, 7) is 0. The van der Waals surface area contributed by atoms with Crippen LogP contribution in [0.4, 0.5) is 0 Å². The maximum atomic E-state index is 11.0. The molecule has 0 fully saturated rings. The van der Waals surface area contributed by atoms with Gasteiger partial charge in [0.05, 0.1) is 62.2 Å². The van der Waals surface area contributed by atoms with Gasteiger partial charge in [-0.15, -0.1) is 0 Å². The lowest BCUT2D eigenvalue weighted by molar-refractivity contribution is 1.13. The molecule has 0 aliphatic heterocycles. The van der Waals surface area contributed by atoms with Crippen LogP contribution in [0.3, 0.4) is 0 Å². The molecule has 0 bridgehead atoms. The molecule has 0 saturated carbocycles. The maximum absolute atomic E-state index is 11.0. The molecule has 13 aromatic rings. The van der Waals surface area contributed by atoms with E-state index < -0.39 is 0 Å². The molecule has 7 nitrogen and oxygen atoms in total. The molecular formula is C63H39N7. The van der Waals surface area contributed by atoms with E-state index in [9.17, 15) is 5.26 Å². The average molecular weight is 894 g/mol. The number of rotatable bonds is 8. The summed E-state index contributed by atoms with van der Waals surface area (Å²) in [6, 6.07) is 83.6. The number of para-hydroxylation sites is 3. The van der Waals surface area contributed by atoms with Crippen molar-refractivity contribution in [3.63, 3.8) is 0 Å². The van der Waals surface area contributed by atoms with Crippen molar-refractivity contribution < 1.29 is 0 Å². The zero-order chi connectivity index (χ0) is 46.5. The maximum Gasteiger partial charge on any atom is 0.160 e. The van der Waals surface area contributed by atoms with E-state index in [-0.39, 0.29) is 0 Å². The molecule has 7 heteroatoms. The third-order valence-electron chi connectivity index (χ3n) is 13.2. The fourth-order valence-electron chi connectivity index (χ4n) is 9.99. The zero-order valence-corrected chi connectivity index (χ0v) is 37.6. The first-order chi connectivity index (χ1) is 34.7. The minimum Gasteiger partial charge on any atom is -0.309 e. The smallest absolute Gasteiger partial charge is 0.160 e. The normalized spacial score (nSPS) is 11.4. The van der Waals surface area contributed by atoms with Crippen molar-refractivity contribution >= 4 is 43.6 Å². The highest BCUT2D eigenvalue weighted by atomic mass is 15.0. The van der Waals surface area contributed by atoms with E-state index >= 15 is 0 Å². The van der Waals surface area contributed by atoms with E-state index in [2.05, 4.69) is 130 Å². The van der Waals surface area contributed by atoms with Crippen molar-refractivity contribution in [2.75, 3.05) is 0 Å². The molecule has 0 aliphatic rings. The monoisotopic (exact) mass is 893 g/mol. The predicted molar refractivity (Wildman–Crippen MR) is 284 cm³/mol. The van der Waals surface area contributed by atoms with E-state index in [0.717, 1.165) is 89.0 Å². The fraction of sp³-hybridized carbons (Fsp3) is 0. The molecule has 4 heterocycles. The van der Waals surface area contributed by atoms with Crippen LogP contribution in [-0.4, -0.2) is 29.1 Å². The van der Waals surface area contributed by atoms with Crippen molar-refractivity contribution in [1.29, 1.82) is 5.26 Å². The van der Waals surface area contributed by atoms with E-state index in [1.807, 2.05) is 121 Å². The van der Waals surface area contributed by atoms with Crippen molar-refractivity contribution in [1.82, 2.24) is 29.1 Å². The second-order valence-corrected chi connectivity index (χ2v) is 17.3. The summed E-state index contributed by atoms with van der Waals surface area (Å²) >= 11 is 0. The molecule has 4 aromatic heterocycles. The average Bonchev–Trinajstić information content (AvgIpc) is 3.95. The van der Waals surface area contributed by atoms with Crippen molar-refractivity contribution in [2.45, 2.75) is 0 Å². The quantitative estimate of drug-likeness (QED) is 0.152. The van der Waals surface area contributed by atoms with Crippen LogP contribution in [0.5, 0.6) is 0 Å². The standard InChI is InChI=1S/C63H39N7/c64-40-41-35-51(55-38-53(42-19-5-1-6-20-42)65-62(67-55)44-23-9-3-10-24-44)61(52(36-41)56-39-54(43-21-7-2-8-22-43)66-63(68-56)45-25-11-4-12-26-45)70-59-32-18-15-29-49(59)50-37-46(33-34-60(50)70)69-57-30-16-13-27-47(57)48-28-14-17-31-58(48)69/h1-39H. The first kappa shape index (κ1) is 40.5. The fourth-order valence-corrected chi connectivity index (χ4v) is 9.99. The lowest BCUT2D eigenvalue weighted by atomic mass is 9.95. The lowest BCUT2D eigenvalue weighted by Crippen LogP contribution is -2.05. The molecular weight excluding hydrogens is 855 g/mol. The third-order valence-corrected chi connectivity index (χ3v) is 13.2. The number of nitrogens with zero attached hydrogens (tertiary/aromatic N) is 7. The van der Waals surface area contributed by atoms with Gasteiger partial charge in [0.15, 0.2) is 11.6 Å². The zero-order valence-electron chi connectivity index (χ0n) is 37.6. The second kappa shape index (κ2) is 16.8. The second-order valence-electron chi connectivity index (χ2n) is 17.3. The molecule has 9 aromatic carbocycles. The lowest BCUT2D eigenvalue weighted by Gasteiger charge is -2.20. The molecule has 0 radical (unpaired) electrons. The van der Waals surface area contributed by atoms with Gasteiger partial charge in [0.1, 0.15) is 0 Å². The van der Waals surface area contributed by atoms with Gasteiger partial charge in [0.2, 0.25) is 0 Å². The van der Waals surface area contributed by atoms with Crippen molar-refractivity contribution in [3.05, 3.63) is 242 Å². The Morgan fingerprint density at radius 2 is 0.686 bits per heavy atom. The van der Waals surface area contributed by atoms with Crippen LogP contribution < -0.4 is 0 Å². The van der Waals surface area contributed by atoms with Crippen LogP contribution in [0.15, 0.2) is 237 Å². The minimum atomic E-state index is 0.463.